The van der Waals surface area contributed by atoms with Crippen molar-refractivity contribution in [2.24, 2.45) is 0 Å². The van der Waals surface area contributed by atoms with Crippen molar-refractivity contribution < 1.29 is 0 Å². The van der Waals surface area contributed by atoms with Crippen LogP contribution in [0.25, 0.3) is 27.4 Å². The zero-order valence-corrected chi connectivity index (χ0v) is 13.5. The second kappa shape index (κ2) is 5.25. The van der Waals surface area contributed by atoms with Crippen LogP contribution in [-0.2, 0) is 0 Å². The number of fused-ring (bicyclic) bond motifs is 3. The maximum atomic E-state index is 13.0. The quantitative estimate of drug-likeness (QED) is 0.558. The van der Waals surface area contributed by atoms with Gasteiger partial charge in [-0.05, 0) is 48.6 Å². The van der Waals surface area contributed by atoms with E-state index in [1.165, 1.54) is 0 Å². The number of benzene rings is 2. The lowest BCUT2D eigenvalue weighted by atomic mass is 10.0. The molecule has 0 N–H and O–H groups in total. The topological polar surface area (TPSA) is 22.0 Å². The van der Waals surface area contributed by atoms with Crippen LogP contribution in [0, 0.1) is 0 Å². The molecule has 2 nitrogen and oxygen atoms in total. The average molecular weight is 352 g/mol. The molecule has 4 rings (SSSR count). The minimum absolute atomic E-state index is 0.0447. The van der Waals surface area contributed by atoms with Crippen LogP contribution in [0.15, 0.2) is 70.0 Å². The van der Waals surface area contributed by atoms with Crippen LogP contribution in [0.3, 0.4) is 0 Å². The largest absolute Gasteiger partial charge is 0.277 e. The highest BCUT2D eigenvalue weighted by atomic mass is 79.9. The van der Waals surface area contributed by atoms with Crippen molar-refractivity contribution in [2.45, 2.75) is 12.8 Å². The van der Waals surface area contributed by atoms with E-state index in [1.54, 1.807) is 0 Å². The summed E-state index contributed by atoms with van der Waals surface area (Å²) in [5, 5.41) is 2.85. The lowest BCUT2D eigenvalue weighted by Gasteiger charge is -2.16. The minimum atomic E-state index is 0.0447. The number of allylic oxidation sites excluding steroid dienone is 4. The van der Waals surface area contributed by atoms with E-state index in [-0.39, 0.29) is 5.56 Å². The number of hydrogen-bond acceptors (Lipinski definition) is 1. The van der Waals surface area contributed by atoms with Gasteiger partial charge in [0.25, 0.3) is 5.56 Å². The number of rotatable bonds is 1. The molecule has 0 bridgehead atoms. The monoisotopic (exact) mass is 351 g/mol. The Kier molecular flexibility index (Phi) is 3.23. The molecule has 22 heavy (non-hydrogen) atoms. The van der Waals surface area contributed by atoms with Crippen LogP contribution < -0.4 is 5.56 Å². The molecule has 0 saturated carbocycles. The Bertz CT molecular complexity index is 1010. The summed E-state index contributed by atoms with van der Waals surface area (Å²) in [7, 11) is 0. The van der Waals surface area contributed by atoms with E-state index in [2.05, 4.69) is 34.1 Å². The average Bonchev–Trinajstić information content (AvgIpc) is 2.57. The van der Waals surface area contributed by atoms with Crippen molar-refractivity contribution >= 4 is 43.3 Å². The van der Waals surface area contributed by atoms with Crippen LogP contribution in [0.4, 0.5) is 0 Å². The number of nitrogens with zero attached hydrogens (tertiary/aromatic N) is 1. The smallest absolute Gasteiger partial charge is 0.263 e. The number of pyridine rings is 1. The molecule has 0 spiro atoms. The molecule has 1 aliphatic rings. The van der Waals surface area contributed by atoms with Crippen molar-refractivity contribution in [1.29, 1.82) is 0 Å². The molecule has 0 unspecified atom stereocenters. The predicted molar refractivity (Wildman–Crippen MR) is 96.1 cm³/mol. The maximum absolute atomic E-state index is 13.0. The summed E-state index contributed by atoms with van der Waals surface area (Å²) in [6, 6.07) is 13.9. The Morgan fingerprint density at radius 2 is 1.77 bits per heavy atom. The SMILES string of the molecule is O=c1c2ccccc2c2cc(Br)ccc2n1C1=CCCC=C1. The van der Waals surface area contributed by atoms with Gasteiger partial charge in [0, 0.05) is 20.9 Å². The van der Waals surface area contributed by atoms with E-state index in [0.29, 0.717) is 0 Å². The van der Waals surface area contributed by atoms with E-state index < -0.39 is 0 Å². The molecule has 0 radical (unpaired) electrons. The highest BCUT2D eigenvalue weighted by Crippen LogP contribution is 2.28. The van der Waals surface area contributed by atoms with E-state index >= 15 is 0 Å². The minimum Gasteiger partial charge on any atom is -0.277 e. The van der Waals surface area contributed by atoms with Crippen molar-refractivity contribution in [3.63, 3.8) is 0 Å². The Morgan fingerprint density at radius 3 is 2.55 bits per heavy atom. The molecule has 1 aliphatic carbocycles. The Morgan fingerprint density at radius 1 is 0.955 bits per heavy atom. The summed E-state index contributed by atoms with van der Waals surface area (Å²) < 4.78 is 2.85. The lowest BCUT2D eigenvalue weighted by Crippen LogP contribution is -2.20. The van der Waals surface area contributed by atoms with E-state index in [0.717, 1.165) is 44.7 Å². The lowest BCUT2D eigenvalue weighted by molar-refractivity contribution is 0.998. The Balaban J connectivity index is 2.23. The highest BCUT2D eigenvalue weighted by molar-refractivity contribution is 9.10. The first-order valence-corrected chi connectivity index (χ1v) is 8.15. The summed E-state index contributed by atoms with van der Waals surface area (Å²) in [5.74, 6) is 0. The van der Waals surface area contributed by atoms with Crippen molar-refractivity contribution in [3.8, 4) is 0 Å². The zero-order valence-electron chi connectivity index (χ0n) is 11.9. The van der Waals surface area contributed by atoms with E-state index in [9.17, 15) is 4.79 Å². The third-order valence-corrected chi connectivity index (χ3v) is 4.58. The van der Waals surface area contributed by atoms with Gasteiger partial charge in [-0.15, -0.1) is 0 Å². The van der Waals surface area contributed by atoms with E-state index in [1.807, 2.05) is 47.0 Å². The van der Waals surface area contributed by atoms with Gasteiger partial charge in [0.15, 0.2) is 0 Å². The fourth-order valence-electron chi connectivity index (χ4n) is 3.08. The first-order chi connectivity index (χ1) is 10.8. The van der Waals surface area contributed by atoms with Crippen LogP contribution in [0.5, 0.6) is 0 Å². The Hall–Kier alpha value is -2.13. The molecule has 0 saturated heterocycles. The summed E-state index contributed by atoms with van der Waals surface area (Å²) in [4.78, 5) is 13.0. The summed E-state index contributed by atoms with van der Waals surface area (Å²) in [6.07, 6.45) is 8.32. The molecule has 0 atom stereocenters. The second-order valence-corrected chi connectivity index (χ2v) is 6.37. The molecule has 3 aromatic rings. The highest BCUT2D eigenvalue weighted by Gasteiger charge is 2.13. The molecule has 3 heteroatoms. The molecular formula is C19H14BrNO. The normalized spacial score (nSPS) is 14.5. The van der Waals surface area contributed by atoms with Gasteiger partial charge in [-0.1, -0.05) is 46.3 Å². The van der Waals surface area contributed by atoms with E-state index in [4.69, 9.17) is 0 Å². The molecule has 0 fully saturated rings. The van der Waals surface area contributed by atoms with Crippen molar-refractivity contribution in [2.75, 3.05) is 0 Å². The first kappa shape index (κ1) is 13.5. The molecule has 1 heterocycles. The van der Waals surface area contributed by atoms with Gasteiger partial charge in [0.1, 0.15) is 0 Å². The number of halogens is 1. The van der Waals surface area contributed by atoms with Gasteiger partial charge < -0.3 is 0 Å². The van der Waals surface area contributed by atoms with Crippen LogP contribution in [-0.4, -0.2) is 4.57 Å². The maximum Gasteiger partial charge on any atom is 0.263 e. The van der Waals surface area contributed by atoms with Gasteiger partial charge in [-0.25, -0.2) is 0 Å². The zero-order chi connectivity index (χ0) is 15.1. The van der Waals surface area contributed by atoms with Crippen LogP contribution >= 0.6 is 15.9 Å². The first-order valence-electron chi connectivity index (χ1n) is 7.36. The summed E-state index contributed by atoms with van der Waals surface area (Å²) in [6.45, 7) is 0. The molecule has 2 aromatic carbocycles. The van der Waals surface area contributed by atoms with Crippen molar-refractivity contribution in [3.05, 3.63) is 75.5 Å². The third-order valence-electron chi connectivity index (χ3n) is 4.08. The van der Waals surface area contributed by atoms with Gasteiger partial charge in [-0.2, -0.15) is 0 Å². The standard InChI is InChI=1S/C19H14BrNO/c20-13-10-11-18-17(12-13)15-8-4-5-9-16(15)19(22)21(18)14-6-2-1-3-7-14/h2,4-12H,1,3H2. The molecule has 0 amide bonds. The third kappa shape index (κ3) is 2.04. The summed E-state index contributed by atoms with van der Waals surface area (Å²) >= 11 is 3.54. The van der Waals surface area contributed by atoms with Gasteiger partial charge in [0.05, 0.1) is 5.52 Å². The molecule has 108 valence electrons. The molecular weight excluding hydrogens is 338 g/mol. The van der Waals surface area contributed by atoms with Gasteiger partial charge >= 0.3 is 0 Å². The van der Waals surface area contributed by atoms with Crippen LogP contribution in [0.1, 0.15) is 12.8 Å². The number of aromatic nitrogens is 1. The molecule has 0 aliphatic heterocycles. The fourth-order valence-corrected chi connectivity index (χ4v) is 3.44. The van der Waals surface area contributed by atoms with Crippen LogP contribution in [0.2, 0.25) is 0 Å². The number of hydrogen-bond donors (Lipinski definition) is 0. The summed E-state index contributed by atoms with van der Waals surface area (Å²) in [5.41, 5.74) is 1.96. The predicted octanol–water partition coefficient (Wildman–Crippen LogP) is 5.11. The van der Waals surface area contributed by atoms with Crippen molar-refractivity contribution in [1.82, 2.24) is 4.57 Å². The molecule has 1 aromatic heterocycles. The fraction of sp³-hybridized carbons (Fsp3) is 0.105. The Labute approximate surface area is 136 Å². The van der Waals surface area contributed by atoms with Gasteiger partial charge in [0.2, 0.25) is 0 Å². The van der Waals surface area contributed by atoms with Gasteiger partial charge in [-0.3, -0.25) is 9.36 Å². The second-order valence-electron chi connectivity index (χ2n) is 5.46.